The molecule has 0 spiro atoms. The standard InChI is InChI=1S/C18H20ClN3O4S/c1-2-22(10-16(23)21-9-13-4-3-7-27-13)17(24)11-26-15-6-5-12(19)8-14(15)18(20)25/h3-8H,2,9-11H2,1H3,(H2,20,25)(H,21,23). The van der Waals surface area contributed by atoms with Crippen LogP contribution in [0.3, 0.4) is 0 Å². The van der Waals surface area contributed by atoms with Crippen LogP contribution in [-0.2, 0) is 16.1 Å². The largest absolute Gasteiger partial charge is 0.483 e. The van der Waals surface area contributed by atoms with E-state index in [9.17, 15) is 14.4 Å². The summed E-state index contributed by atoms with van der Waals surface area (Å²) in [5.41, 5.74) is 5.38. The highest BCUT2D eigenvalue weighted by atomic mass is 35.5. The van der Waals surface area contributed by atoms with E-state index in [1.807, 2.05) is 17.5 Å². The number of nitrogens with two attached hydrogens (primary N) is 1. The molecule has 1 aromatic heterocycles. The number of benzene rings is 1. The zero-order chi connectivity index (χ0) is 19.8. The highest BCUT2D eigenvalue weighted by Crippen LogP contribution is 2.22. The van der Waals surface area contributed by atoms with Crippen LogP contribution in [0.15, 0.2) is 35.7 Å². The van der Waals surface area contributed by atoms with E-state index in [1.165, 1.54) is 23.1 Å². The number of thiophene rings is 1. The predicted octanol–water partition coefficient (Wildman–Crippen LogP) is 2.04. The number of carbonyl (C=O) groups is 3. The predicted molar refractivity (Wildman–Crippen MR) is 104 cm³/mol. The number of amides is 3. The summed E-state index contributed by atoms with van der Waals surface area (Å²) in [6.07, 6.45) is 0. The Hall–Kier alpha value is -2.58. The molecule has 2 aromatic rings. The van der Waals surface area contributed by atoms with E-state index >= 15 is 0 Å². The third-order valence-corrected chi connectivity index (χ3v) is 4.78. The van der Waals surface area contributed by atoms with Crippen molar-refractivity contribution in [1.82, 2.24) is 10.2 Å². The Labute approximate surface area is 166 Å². The molecule has 0 atom stereocenters. The lowest BCUT2D eigenvalue weighted by molar-refractivity contribution is -0.137. The van der Waals surface area contributed by atoms with E-state index in [-0.39, 0.29) is 36.3 Å². The van der Waals surface area contributed by atoms with Gasteiger partial charge in [-0.05, 0) is 36.6 Å². The van der Waals surface area contributed by atoms with Gasteiger partial charge in [-0.15, -0.1) is 11.3 Å². The van der Waals surface area contributed by atoms with E-state index in [4.69, 9.17) is 22.1 Å². The van der Waals surface area contributed by atoms with Crippen LogP contribution in [0.4, 0.5) is 0 Å². The molecule has 3 N–H and O–H groups in total. The van der Waals surface area contributed by atoms with Crippen molar-refractivity contribution in [2.45, 2.75) is 13.5 Å². The normalized spacial score (nSPS) is 10.3. The quantitative estimate of drug-likeness (QED) is 0.661. The third kappa shape index (κ3) is 6.26. The number of primary amides is 1. The molecular weight excluding hydrogens is 390 g/mol. The fraction of sp³-hybridized carbons (Fsp3) is 0.278. The lowest BCUT2D eigenvalue weighted by Gasteiger charge is -2.20. The van der Waals surface area contributed by atoms with Crippen molar-refractivity contribution in [2.75, 3.05) is 19.7 Å². The van der Waals surface area contributed by atoms with Gasteiger partial charge >= 0.3 is 0 Å². The smallest absolute Gasteiger partial charge is 0.260 e. The Morgan fingerprint density at radius 2 is 2.07 bits per heavy atom. The average molecular weight is 410 g/mol. The minimum Gasteiger partial charge on any atom is -0.483 e. The monoisotopic (exact) mass is 409 g/mol. The van der Waals surface area contributed by atoms with Gasteiger partial charge in [-0.3, -0.25) is 14.4 Å². The minimum atomic E-state index is -0.708. The zero-order valence-electron chi connectivity index (χ0n) is 14.7. The third-order valence-electron chi connectivity index (χ3n) is 3.67. The Bertz CT molecular complexity index is 811. The van der Waals surface area contributed by atoms with Gasteiger partial charge in [0.15, 0.2) is 6.61 Å². The van der Waals surface area contributed by atoms with Crippen LogP contribution in [0.2, 0.25) is 5.02 Å². The number of rotatable bonds is 9. The fourth-order valence-electron chi connectivity index (χ4n) is 2.26. The molecule has 0 fully saturated rings. The van der Waals surface area contributed by atoms with Gasteiger partial charge < -0.3 is 20.7 Å². The molecule has 27 heavy (non-hydrogen) atoms. The van der Waals surface area contributed by atoms with Crippen LogP contribution in [-0.4, -0.2) is 42.3 Å². The number of hydrogen-bond acceptors (Lipinski definition) is 5. The van der Waals surface area contributed by atoms with Crippen molar-refractivity contribution < 1.29 is 19.1 Å². The molecule has 1 aromatic carbocycles. The van der Waals surface area contributed by atoms with Gasteiger partial charge in [-0.1, -0.05) is 17.7 Å². The first-order valence-corrected chi connectivity index (χ1v) is 9.45. The van der Waals surface area contributed by atoms with Gasteiger partial charge in [0.2, 0.25) is 5.91 Å². The van der Waals surface area contributed by atoms with E-state index < -0.39 is 5.91 Å². The van der Waals surface area contributed by atoms with Crippen molar-refractivity contribution >= 4 is 40.7 Å². The second-order valence-electron chi connectivity index (χ2n) is 5.56. The summed E-state index contributed by atoms with van der Waals surface area (Å²) >= 11 is 7.38. The molecule has 7 nitrogen and oxygen atoms in total. The van der Waals surface area contributed by atoms with Gasteiger partial charge in [-0.25, -0.2) is 0 Å². The molecule has 0 aliphatic heterocycles. The first-order valence-electron chi connectivity index (χ1n) is 8.19. The summed E-state index contributed by atoms with van der Waals surface area (Å²) in [4.78, 5) is 38.2. The van der Waals surface area contributed by atoms with Gasteiger partial charge in [0, 0.05) is 16.4 Å². The number of likely N-dealkylation sites (N-methyl/N-ethyl adjacent to an activating group) is 1. The maximum absolute atomic E-state index is 12.3. The number of ether oxygens (including phenoxy) is 1. The number of carbonyl (C=O) groups excluding carboxylic acids is 3. The second kappa shape index (κ2) is 9.94. The highest BCUT2D eigenvalue weighted by molar-refractivity contribution is 7.09. The molecule has 144 valence electrons. The Balaban J connectivity index is 1.89. The molecule has 0 aliphatic rings. The molecule has 0 bridgehead atoms. The Morgan fingerprint density at radius 1 is 1.30 bits per heavy atom. The van der Waals surface area contributed by atoms with Gasteiger partial charge in [0.05, 0.1) is 18.7 Å². The molecule has 2 rings (SSSR count). The molecular formula is C18H20ClN3O4S. The molecule has 0 radical (unpaired) electrons. The summed E-state index contributed by atoms with van der Waals surface area (Å²) in [5, 5.41) is 5.03. The average Bonchev–Trinajstić information content (AvgIpc) is 3.16. The van der Waals surface area contributed by atoms with E-state index in [0.29, 0.717) is 18.1 Å². The molecule has 0 aliphatic carbocycles. The maximum Gasteiger partial charge on any atom is 0.260 e. The van der Waals surface area contributed by atoms with Gasteiger partial charge in [0.1, 0.15) is 5.75 Å². The number of nitrogens with one attached hydrogen (secondary N) is 1. The number of nitrogens with zero attached hydrogens (tertiary/aromatic N) is 1. The second-order valence-corrected chi connectivity index (χ2v) is 7.03. The summed E-state index contributed by atoms with van der Waals surface area (Å²) in [6, 6.07) is 8.20. The molecule has 0 saturated carbocycles. The highest BCUT2D eigenvalue weighted by Gasteiger charge is 2.18. The van der Waals surface area contributed by atoms with Crippen LogP contribution in [0.1, 0.15) is 22.2 Å². The Kier molecular flexibility index (Phi) is 7.63. The van der Waals surface area contributed by atoms with E-state index in [0.717, 1.165) is 4.88 Å². The van der Waals surface area contributed by atoms with Crippen molar-refractivity contribution in [3.63, 3.8) is 0 Å². The number of hydrogen-bond donors (Lipinski definition) is 2. The van der Waals surface area contributed by atoms with Crippen LogP contribution >= 0.6 is 22.9 Å². The van der Waals surface area contributed by atoms with Crippen molar-refractivity contribution in [2.24, 2.45) is 5.73 Å². The molecule has 3 amide bonds. The summed E-state index contributed by atoms with van der Waals surface area (Å²) in [5.74, 6) is -1.18. The lowest BCUT2D eigenvalue weighted by atomic mass is 10.2. The fourth-order valence-corrected chi connectivity index (χ4v) is 3.07. The van der Waals surface area contributed by atoms with E-state index in [2.05, 4.69) is 5.32 Å². The van der Waals surface area contributed by atoms with Crippen LogP contribution < -0.4 is 15.8 Å². The first-order chi connectivity index (χ1) is 12.9. The van der Waals surface area contributed by atoms with Crippen LogP contribution in [0.25, 0.3) is 0 Å². The summed E-state index contributed by atoms with van der Waals surface area (Å²) in [7, 11) is 0. The van der Waals surface area contributed by atoms with Crippen LogP contribution in [0.5, 0.6) is 5.75 Å². The van der Waals surface area contributed by atoms with Crippen LogP contribution in [0, 0.1) is 0 Å². The van der Waals surface area contributed by atoms with Gasteiger partial charge in [-0.2, -0.15) is 0 Å². The Morgan fingerprint density at radius 3 is 2.70 bits per heavy atom. The topological polar surface area (TPSA) is 102 Å². The van der Waals surface area contributed by atoms with Gasteiger partial charge in [0.25, 0.3) is 11.8 Å². The van der Waals surface area contributed by atoms with Crippen molar-refractivity contribution in [1.29, 1.82) is 0 Å². The summed E-state index contributed by atoms with van der Waals surface area (Å²) in [6.45, 7) is 2.13. The SMILES string of the molecule is CCN(CC(=O)NCc1cccs1)C(=O)COc1ccc(Cl)cc1C(N)=O. The molecule has 0 saturated heterocycles. The first kappa shape index (κ1) is 20.7. The number of halogens is 1. The molecule has 1 heterocycles. The molecule has 9 heteroatoms. The minimum absolute atomic E-state index is 0.0760. The summed E-state index contributed by atoms with van der Waals surface area (Å²) < 4.78 is 5.42. The maximum atomic E-state index is 12.3. The lowest BCUT2D eigenvalue weighted by Crippen LogP contribution is -2.42. The molecule has 0 unspecified atom stereocenters. The van der Waals surface area contributed by atoms with Crippen molar-refractivity contribution in [3.8, 4) is 5.75 Å². The zero-order valence-corrected chi connectivity index (χ0v) is 16.3. The van der Waals surface area contributed by atoms with Crippen molar-refractivity contribution in [3.05, 3.63) is 51.2 Å². The van der Waals surface area contributed by atoms with E-state index in [1.54, 1.807) is 18.3 Å².